The Hall–Kier alpha value is -2.30. The van der Waals surface area contributed by atoms with Crippen molar-refractivity contribution in [2.45, 2.75) is 6.92 Å². The van der Waals surface area contributed by atoms with Gasteiger partial charge < -0.3 is 5.32 Å². The molecule has 2 aromatic rings. The van der Waals surface area contributed by atoms with Crippen LogP contribution in [0.1, 0.15) is 6.92 Å². The molecule has 1 amide bonds. The molecule has 1 N–H and O–H groups in total. The molecule has 0 radical (unpaired) electrons. The van der Waals surface area contributed by atoms with E-state index in [-0.39, 0.29) is 11.3 Å². The minimum Gasteiger partial charge on any atom is -0.324 e. The quantitative estimate of drug-likeness (QED) is 0.887. The second-order valence-corrected chi connectivity index (χ2v) is 3.71. The SMILES string of the molecule is CC(=O)Nc1ccc(F)c(-c2cccnc2)c1F. The molecule has 1 aromatic heterocycles. The summed E-state index contributed by atoms with van der Waals surface area (Å²) in [6.07, 6.45) is 2.87. The van der Waals surface area contributed by atoms with Gasteiger partial charge >= 0.3 is 0 Å². The number of nitrogens with one attached hydrogen (secondary N) is 1. The van der Waals surface area contributed by atoms with Gasteiger partial charge in [-0.3, -0.25) is 9.78 Å². The first kappa shape index (κ1) is 12.2. The van der Waals surface area contributed by atoms with Gasteiger partial charge in [-0.15, -0.1) is 0 Å². The number of hydrogen-bond donors (Lipinski definition) is 1. The molecule has 2 rings (SSSR count). The Balaban J connectivity index is 2.56. The Kier molecular flexibility index (Phi) is 3.32. The fraction of sp³-hybridized carbons (Fsp3) is 0.0769. The molecule has 1 heterocycles. The van der Waals surface area contributed by atoms with E-state index in [1.54, 1.807) is 12.1 Å². The van der Waals surface area contributed by atoms with Crippen LogP contribution >= 0.6 is 0 Å². The lowest BCUT2D eigenvalue weighted by Crippen LogP contribution is -2.08. The van der Waals surface area contributed by atoms with Crippen LogP contribution in [0, 0.1) is 11.6 Å². The van der Waals surface area contributed by atoms with Crippen molar-refractivity contribution in [1.29, 1.82) is 0 Å². The number of carbonyl (C=O) groups is 1. The minimum atomic E-state index is -0.807. The molecule has 5 heteroatoms. The van der Waals surface area contributed by atoms with Gasteiger partial charge in [0.2, 0.25) is 5.91 Å². The summed E-state index contributed by atoms with van der Waals surface area (Å²) in [7, 11) is 0. The maximum Gasteiger partial charge on any atom is 0.221 e. The van der Waals surface area contributed by atoms with Gasteiger partial charge in [0, 0.05) is 24.9 Å². The van der Waals surface area contributed by atoms with E-state index in [0.717, 1.165) is 6.07 Å². The summed E-state index contributed by atoms with van der Waals surface area (Å²) >= 11 is 0. The first-order valence-electron chi connectivity index (χ1n) is 5.25. The molecule has 0 unspecified atom stereocenters. The van der Waals surface area contributed by atoms with E-state index in [1.807, 2.05) is 0 Å². The normalized spacial score (nSPS) is 10.2. The van der Waals surface area contributed by atoms with Crippen molar-refractivity contribution in [2.75, 3.05) is 5.32 Å². The first-order valence-corrected chi connectivity index (χ1v) is 5.25. The highest BCUT2D eigenvalue weighted by atomic mass is 19.1. The molecule has 3 nitrogen and oxygen atoms in total. The fourth-order valence-electron chi connectivity index (χ4n) is 1.61. The summed E-state index contributed by atoms with van der Waals surface area (Å²) in [4.78, 5) is 14.7. The van der Waals surface area contributed by atoms with Crippen LogP contribution in [0.3, 0.4) is 0 Å². The van der Waals surface area contributed by atoms with Crippen LogP contribution in [-0.4, -0.2) is 10.9 Å². The molecule has 0 aliphatic heterocycles. The summed E-state index contributed by atoms with van der Waals surface area (Å²) < 4.78 is 27.8. The average molecular weight is 248 g/mol. The smallest absolute Gasteiger partial charge is 0.221 e. The second-order valence-electron chi connectivity index (χ2n) is 3.71. The molecule has 0 saturated carbocycles. The Morgan fingerprint density at radius 1 is 1.28 bits per heavy atom. The monoisotopic (exact) mass is 248 g/mol. The predicted molar refractivity (Wildman–Crippen MR) is 63.9 cm³/mol. The van der Waals surface area contributed by atoms with Crippen LogP contribution in [-0.2, 0) is 4.79 Å². The van der Waals surface area contributed by atoms with Gasteiger partial charge in [0.15, 0.2) is 5.82 Å². The zero-order valence-electron chi connectivity index (χ0n) is 9.58. The Morgan fingerprint density at radius 3 is 2.67 bits per heavy atom. The van der Waals surface area contributed by atoms with Gasteiger partial charge in [-0.1, -0.05) is 6.07 Å². The van der Waals surface area contributed by atoms with E-state index in [0.29, 0.717) is 5.56 Å². The number of nitrogens with zero attached hydrogens (tertiary/aromatic N) is 1. The molecule has 0 aliphatic carbocycles. The van der Waals surface area contributed by atoms with Gasteiger partial charge in [-0.25, -0.2) is 8.78 Å². The topological polar surface area (TPSA) is 42.0 Å². The number of rotatable bonds is 2. The van der Waals surface area contributed by atoms with E-state index in [1.165, 1.54) is 25.4 Å². The maximum atomic E-state index is 14.1. The van der Waals surface area contributed by atoms with Gasteiger partial charge in [0.1, 0.15) is 5.82 Å². The van der Waals surface area contributed by atoms with Crippen LogP contribution in [0.4, 0.5) is 14.5 Å². The van der Waals surface area contributed by atoms with Gasteiger partial charge in [-0.2, -0.15) is 0 Å². The second kappa shape index (κ2) is 4.91. The summed E-state index contributed by atoms with van der Waals surface area (Å²) in [6.45, 7) is 1.26. The lowest BCUT2D eigenvalue weighted by molar-refractivity contribution is -0.114. The molecular weight excluding hydrogens is 238 g/mol. The van der Waals surface area contributed by atoms with Gasteiger partial charge in [-0.05, 0) is 18.2 Å². The number of halogens is 2. The largest absolute Gasteiger partial charge is 0.324 e. The number of pyridine rings is 1. The Bertz CT molecular complexity index is 585. The van der Waals surface area contributed by atoms with Crippen LogP contribution in [0.15, 0.2) is 36.7 Å². The Labute approximate surface area is 102 Å². The number of aromatic nitrogens is 1. The first-order chi connectivity index (χ1) is 8.59. The van der Waals surface area contributed by atoms with E-state index in [9.17, 15) is 13.6 Å². The van der Waals surface area contributed by atoms with Crippen molar-refractivity contribution in [2.24, 2.45) is 0 Å². The highest BCUT2D eigenvalue weighted by Gasteiger charge is 2.16. The number of benzene rings is 1. The van der Waals surface area contributed by atoms with Crippen LogP contribution in [0.2, 0.25) is 0 Å². The fourth-order valence-corrected chi connectivity index (χ4v) is 1.61. The highest BCUT2D eigenvalue weighted by molar-refractivity contribution is 5.89. The van der Waals surface area contributed by atoms with E-state index >= 15 is 0 Å². The summed E-state index contributed by atoms with van der Waals surface area (Å²) in [6, 6.07) is 5.42. The maximum absolute atomic E-state index is 14.1. The molecule has 0 spiro atoms. The van der Waals surface area contributed by atoms with Crippen LogP contribution in [0.25, 0.3) is 11.1 Å². The molecule has 92 valence electrons. The zero-order valence-corrected chi connectivity index (χ0v) is 9.58. The summed E-state index contributed by atoms with van der Waals surface area (Å²) in [5, 5.41) is 2.31. The lowest BCUT2D eigenvalue weighted by atomic mass is 10.1. The van der Waals surface area contributed by atoms with Crippen LogP contribution in [0.5, 0.6) is 0 Å². The van der Waals surface area contributed by atoms with Crippen molar-refractivity contribution < 1.29 is 13.6 Å². The molecule has 0 fully saturated rings. The third-order valence-corrected chi connectivity index (χ3v) is 2.35. The van der Waals surface area contributed by atoms with Crippen molar-refractivity contribution in [3.05, 3.63) is 48.3 Å². The molecule has 0 atom stereocenters. The predicted octanol–water partition coefficient (Wildman–Crippen LogP) is 2.99. The summed E-state index contributed by atoms with van der Waals surface area (Å²) in [5.74, 6) is -1.93. The Morgan fingerprint density at radius 2 is 2.06 bits per heavy atom. The molecule has 18 heavy (non-hydrogen) atoms. The number of carbonyl (C=O) groups excluding carboxylic acids is 1. The standard InChI is InChI=1S/C13H10F2N2O/c1-8(18)17-11-5-4-10(14)12(13(11)15)9-3-2-6-16-7-9/h2-7H,1H3,(H,17,18). The van der Waals surface area contributed by atoms with Crippen molar-refractivity contribution in [3.63, 3.8) is 0 Å². The van der Waals surface area contributed by atoms with Gasteiger partial charge in [0.25, 0.3) is 0 Å². The van der Waals surface area contributed by atoms with E-state index < -0.39 is 17.5 Å². The third kappa shape index (κ3) is 2.34. The molecule has 1 aromatic carbocycles. The average Bonchev–Trinajstić information content (AvgIpc) is 2.34. The van der Waals surface area contributed by atoms with Crippen molar-refractivity contribution >= 4 is 11.6 Å². The highest BCUT2D eigenvalue weighted by Crippen LogP contribution is 2.29. The summed E-state index contributed by atoms with van der Waals surface area (Å²) in [5.41, 5.74) is 0.0665. The number of hydrogen-bond acceptors (Lipinski definition) is 2. The van der Waals surface area contributed by atoms with Gasteiger partial charge in [0.05, 0.1) is 11.3 Å². The van der Waals surface area contributed by atoms with Crippen molar-refractivity contribution in [1.82, 2.24) is 4.98 Å². The van der Waals surface area contributed by atoms with Crippen molar-refractivity contribution in [3.8, 4) is 11.1 Å². The molecule has 0 saturated heterocycles. The van der Waals surface area contributed by atoms with E-state index in [4.69, 9.17) is 0 Å². The molecule has 0 bridgehead atoms. The molecular formula is C13H10F2N2O. The number of anilines is 1. The lowest BCUT2D eigenvalue weighted by Gasteiger charge is -2.09. The zero-order chi connectivity index (χ0) is 13.1. The third-order valence-electron chi connectivity index (χ3n) is 2.35. The van der Waals surface area contributed by atoms with E-state index in [2.05, 4.69) is 10.3 Å². The molecule has 0 aliphatic rings. The van der Waals surface area contributed by atoms with Crippen LogP contribution < -0.4 is 5.32 Å². The number of amides is 1. The minimum absolute atomic E-state index is 0.0530.